The van der Waals surface area contributed by atoms with Crippen LogP contribution in [0.15, 0.2) is 18.2 Å². The Hall–Kier alpha value is -1.91. The van der Waals surface area contributed by atoms with Crippen LogP contribution in [-0.2, 0) is 0 Å². The first-order valence-corrected chi connectivity index (χ1v) is 4.18. The Labute approximate surface area is 81.0 Å². The van der Waals surface area contributed by atoms with Crippen molar-refractivity contribution < 1.29 is 14.3 Å². The molecule has 2 amide bonds. The van der Waals surface area contributed by atoms with Gasteiger partial charge < -0.3 is 20.1 Å². The molecule has 0 atom stereocenters. The molecule has 14 heavy (non-hydrogen) atoms. The Morgan fingerprint density at radius 2 is 2.14 bits per heavy atom. The highest BCUT2D eigenvalue weighted by molar-refractivity contribution is 5.89. The maximum absolute atomic E-state index is 11.0. The van der Waals surface area contributed by atoms with Gasteiger partial charge in [0.15, 0.2) is 11.5 Å². The van der Waals surface area contributed by atoms with Crippen molar-refractivity contribution in [2.75, 3.05) is 19.2 Å². The lowest BCUT2D eigenvalue weighted by Crippen LogP contribution is -2.24. The Balaban J connectivity index is 2.16. The van der Waals surface area contributed by atoms with Gasteiger partial charge in [0.25, 0.3) is 0 Å². The van der Waals surface area contributed by atoms with Gasteiger partial charge in [0.2, 0.25) is 6.79 Å². The number of nitrogens with one attached hydrogen (secondary N) is 2. The summed E-state index contributed by atoms with van der Waals surface area (Å²) in [5.41, 5.74) is 0.675. The molecule has 74 valence electrons. The number of rotatable bonds is 1. The molecule has 1 heterocycles. The number of hydrogen-bond donors (Lipinski definition) is 2. The third kappa shape index (κ3) is 1.56. The maximum atomic E-state index is 11.0. The molecule has 5 heteroatoms. The molecule has 0 radical (unpaired) electrons. The van der Waals surface area contributed by atoms with Crippen molar-refractivity contribution in [1.29, 1.82) is 0 Å². The fraction of sp³-hybridized carbons (Fsp3) is 0.222. The van der Waals surface area contributed by atoms with Gasteiger partial charge in [-0.25, -0.2) is 4.79 Å². The zero-order chi connectivity index (χ0) is 9.97. The van der Waals surface area contributed by atoms with Gasteiger partial charge in [0.1, 0.15) is 0 Å². The first kappa shape index (κ1) is 8.68. The second kappa shape index (κ2) is 3.45. The van der Waals surface area contributed by atoms with Crippen LogP contribution in [0, 0.1) is 0 Å². The van der Waals surface area contributed by atoms with Crippen LogP contribution in [0.4, 0.5) is 10.5 Å². The SMILES string of the molecule is CNC(=O)Nc1ccc2c(c1)OCO2. The molecule has 1 aliphatic rings. The number of anilines is 1. The molecule has 0 saturated heterocycles. The minimum atomic E-state index is -0.260. The summed E-state index contributed by atoms with van der Waals surface area (Å²) in [6.07, 6.45) is 0. The van der Waals surface area contributed by atoms with E-state index in [4.69, 9.17) is 9.47 Å². The number of hydrogen-bond acceptors (Lipinski definition) is 3. The quantitative estimate of drug-likeness (QED) is 0.705. The minimum absolute atomic E-state index is 0.235. The van der Waals surface area contributed by atoms with E-state index in [1.807, 2.05) is 0 Å². The third-order valence-corrected chi connectivity index (χ3v) is 1.86. The van der Waals surface area contributed by atoms with Gasteiger partial charge in [-0.15, -0.1) is 0 Å². The molecule has 0 fully saturated rings. The zero-order valence-corrected chi connectivity index (χ0v) is 7.66. The van der Waals surface area contributed by atoms with E-state index >= 15 is 0 Å². The number of fused-ring (bicyclic) bond motifs is 1. The van der Waals surface area contributed by atoms with Crippen molar-refractivity contribution in [3.05, 3.63) is 18.2 Å². The summed E-state index contributed by atoms with van der Waals surface area (Å²) in [4.78, 5) is 11.0. The average Bonchev–Trinajstić information content (AvgIpc) is 2.64. The molecule has 1 aromatic carbocycles. The summed E-state index contributed by atoms with van der Waals surface area (Å²) >= 11 is 0. The molecule has 0 bridgehead atoms. The molecule has 0 unspecified atom stereocenters. The number of urea groups is 1. The fourth-order valence-corrected chi connectivity index (χ4v) is 1.17. The molecule has 2 rings (SSSR count). The highest BCUT2D eigenvalue weighted by Gasteiger charge is 2.13. The van der Waals surface area contributed by atoms with E-state index in [0.717, 1.165) is 0 Å². The van der Waals surface area contributed by atoms with E-state index in [2.05, 4.69) is 10.6 Å². The van der Waals surface area contributed by atoms with E-state index in [1.165, 1.54) is 0 Å². The Kier molecular flexibility index (Phi) is 2.14. The fourth-order valence-electron chi connectivity index (χ4n) is 1.17. The molecule has 0 spiro atoms. The summed E-state index contributed by atoms with van der Waals surface area (Å²) in [7, 11) is 1.56. The summed E-state index contributed by atoms with van der Waals surface area (Å²) in [5.74, 6) is 1.35. The zero-order valence-electron chi connectivity index (χ0n) is 7.66. The lowest BCUT2D eigenvalue weighted by Gasteiger charge is -2.04. The molecule has 0 aliphatic carbocycles. The van der Waals surface area contributed by atoms with Gasteiger partial charge in [-0.2, -0.15) is 0 Å². The molecular formula is C9H10N2O3. The van der Waals surface area contributed by atoms with Crippen LogP contribution in [0.1, 0.15) is 0 Å². The van der Waals surface area contributed by atoms with Crippen molar-refractivity contribution in [2.24, 2.45) is 0 Å². The maximum Gasteiger partial charge on any atom is 0.318 e. The highest BCUT2D eigenvalue weighted by atomic mass is 16.7. The van der Waals surface area contributed by atoms with E-state index < -0.39 is 0 Å². The number of ether oxygens (including phenoxy) is 2. The van der Waals surface area contributed by atoms with Crippen LogP contribution < -0.4 is 20.1 Å². The summed E-state index contributed by atoms with van der Waals surface area (Å²) < 4.78 is 10.3. The molecule has 1 aromatic rings. The van der Waals surface area contributed by atoms with E-state index in [1.54, 1.807) is 25.2 Å². The highest BCUT2D eigenvalue weighted by Crippen LogP contribution is 2.34. The van der Waals surface area contributed by atoms with Gasteiger partial charge in [0, 0.05) is 18.8 Å². The number of amides is 2. The van der Waals surface area contributed by atoms with Crippen molar-refractivity contribution in [3.8, 4) is 11.5 Å². The normalized spacial score (nSPS) is 12.4. The topological polar surface area (TPSA) is 59.6 Å². The number of carbonyl (C=O) groups is 1. The van der Waals surface area contributed by atoms with Crippen LogP contribution >= 0.6 is 0 Å². The van der Waals surface area contributed by atoms with Crippen LogP contribution in [0.5, 0.6) is 11.5 Å². The van der Waals surface area contributed by atoms with Crippen LogP contribution in [0.3, 0.4) is 0 Å². The summed E-state index contributed by atoms with van der Waals surface area (Å²) in [5, 5.41) is 5.09. The third-order valence-electron chi connectivity index (χ3n) is 1.86. The summed E-state index contributed by atoms with van der Waals surface area (Å²) in [6, 6.07) is 4.97. The Bertz CT molecular complexity index is 365. The first-order chi connectivity index (χ1) is 6.79. The van der Waals surface area contributed by atoms with Gasteiger partial charge in [-0.3, -0.25) is 0 Å². The van der Waals surface area contributed by atoms with Crippen LogP contribution in [-0.4, -0.2) is 19.9 Å². The molecule has 2 N–H and O–H groups in total. The lowest BCUT2D eigenvalue weighted by molar-refractivity contribution is 0.174. The van der Waals surface area contributed by atoms with Crippen molar-refractivity contribution >= 4 is 11.7 Å². The van der Waals surface area contributed by atoms with Crippen molar-refractivity contribution in [3.63, 3.8) is 0 Å². The van der Waals surface area contributed by atoms with Gasteiger partial charge in [-0.05, 0) is 12.1 Å². The minimum Gasteiger partial charge on any atom is -0.454 e. The number of carbonyl (C=O) groups excluding carboxylic acids is 1. The second-order valence-electron chi connectivity index (χ2n) is 2.77. The van der Waals surface area contributed by atoms with E-state index in [9.17, 15) is 4.79 Å². The number of benzene rings is 1. The molecule has 5 nitrogen and oxygen atoms in total. The molecular weight excluding hydrogens is 184 g/mol. The molecule has 0 saturated carbocycles. The van der Waals surface area contributed by atoms with Crippen molar-refractivity contribution in [2.45, 2.75) is 0 Å². The predicted molar refractivity (Wildman–Crippen MR) is 50.6 cm³/mol. The lowest BCUT2D eigenvalue weighted by atomic mass is 10.3. The molecule has 0 aromatic heterocycles. The summed E-state index contributed by atoms with van der Waals surface area (Å²) in [6.45, 7) is 0.235. The van der Waals surface area contributed by atoms with Gasteiger partial charge >= 0.3 is 6.03 Å². The van der Waals surface area contributed by atoms with Gasteiger partial charge in [-0.1, -0.05) is 0 Å². The van der Waals surface area contributed by atoms with E-state index in [-0.39, 0.29) is 12.8 Å². The van der Waals surface area contributed by atoms with Crippen LogP contribution in [0.25, 0.3) is 0 Å². The Morgan fingerprint density at radius 1 is 1.36 bits per heavy atom. The average molecular weight is 194 g/mol. The second-order valence-corrected chi connectivity index (χ2v) is 2.77. The van der Waals surface area contributed by atoms with E-state index in [0.29, 0.717) is 17.2 Å². The smallest absolute Gasteiger partial charge is 0.318 e. The largest absolute Gasteiger partial charge is 0.454 e. The predicted octanol–water partition coefficient (Wildman–Crippen LogP) is 1.17. The van der Waals surface area contributed by atoms with Crippen LogP contribution in [0.2, 0.25) is 0 Å². The van der Waals surface area contributed by atoms with Crippen molar-refractivity contribution in [1.82, 2.24) is 5.32 Å². The van der Waals surface area contributed by atoms with Gasteiger partial charge in [0.05, 0.1) is 0 Å². The Morgan fingerprint density at radius 3 is 2.93 bits per heavy atom. The standard InChI is InChI=1S/C9H10N2O3/c1-10-9(12)11-6-2-3-7-8(4-6)14-5-13-7/h2-4H,5H2,1H3,(H2,10,11,12). The first-order valence-electron chi connectivity index (χ1n) is 4.18. The molecule has 1 aliphatic heterocycles. The monoisotopic (exact) mass is 194 g/mol.